The predicted octanol–water partition coefficient (Wildman–Crippen LogP) is 1.99. The zero-order valence-corrected chi connectivity index (χ0v) is 11.0. The summed E-state index contributed by atoms with van der Waals surface area (Å²) in [4.78, 5) is 0. The second-order valence-corrected chi connectivity index (χ2v) is 4.94. The van der Waals surface area contributed by atoms with Crippen molar-refractivity contribution in [2.45, 2.75) is 33.2 Å². The van der Waals surface area contributed by atoms with Gasteiger partial charge in [-0.2, -0.15) is 0 Å². The van der Waals surface area contributed by atoms with Gasteiger partial charge in [-0.1, -0.05) is 44.2 Å². The smallest absolute Gasteiger partial charge is 0.296 e. The SMILES string of the molecule is CC(C)Cc1c(N)on[n+]1CCc1ccccc1. The molecule has 0 aliphatic heterocycles. The third-order valence-electron chi connectivity index (χ3n) is 2.89. The molecule has 96 valence electrons. The van der Waals surface area contributed by atoms with Crippen LogP contribution in [0.4, 0.5) is 5.88 Å². The van der Waals surface area contributed by atoms with Gasteiger partial charge >= 0.3 is 0 Å². The van der Waals surface area contributed by atoms with Crippen LogP contribution >= 0.6 is 0 Å². The van der Waals surface area contributed by atoms with Crippen LogP contribution in [0.3, 0.4) is 0 Å². The first-order valence-electron chi connectivity index (χ1n) is 6.35. The third-order valence-corrected chi connectivity index (χ3v) is 2.89. The van der Waals surface area contributed by atoms with Crippen molar-refractivity contribution in [3.63, 3.8) is 0 Å². The Morgan fingerprint density at radius 3 is 2.67 bits per heavy atom. The lowest BCUT2D eigenvalue weighted by molar-refractivity contribution is -0.767. The van der Waals surface area contributed by atoms with E-state index in [4.69, 9.17) is 10.3 Å². The molecular weight excluding hydrogens is 226 g/mol. The van der Waals surface area contributed by atoms with E-state index in [1.807, 2.05) is 22.9 Å². The molecule has 2 N–H and O–H groups in total. The number of nitrogens with two attached hydrogens (primary N) is 1. The summed E-state index contributed by atoms with van der Waals surface area (Å²) in [6.45, 7) is 5.12. The minimum absolute atomic E-state index is 0.441. The monoisotopic (exact) mass is 246 g/mol. The van der Waals surface area contributed by atoms with Crippen LogP contribution in [0.2, 0.25) is 0 Å². The number of rotatable bonds is 5. The fourth-order valence-electron chi connectivity index (χ4n) is 1.97. The van der Waals surface area contributed by atoms with Crippen molar-refractivity contribution in [1.29, 1.82) is 0 Å². The lowest BCUT2D eigenvalue weighted by Crippen LogP contribution is -2.41. The van der Waals surface area contributed by atoms with E-state index < -0.39 is 0 Å². The standard InChI is InChI=1S/C14H20N3O/c1-11(2)10-13-14(15)18-16-17(13)9-8-12-6-4-3-5-7-12/h3-7,11H,8-10,15H2,1-2H3/q+1. The highest BCUT2D eigenvalue weighted by atomic mass is 16.5. The molecule has 0 saturated carbocycles. The molecule has 1 heterocycles. The van der Waals surface area contributed by atoms with Crippen molar-refractivity contribution in [3.8, 4) is 0 Å². The largest absolute Gasteiger partial charge is 0.362 e. The van der Waals surface area contributed by atoms with Gasteiger partial charge in [-0.05, 0) is 16.2 Å². The van der Waals surface area contributed by atoms with Gasteiger partial charge in [0.1, 0.15) is 0 Å². The van der Waals surface area contributed by atoms with Crippen LogP contribution in [-0.4, -0.2) is 5.27 Å². The van der Waals surface area contributed by atoms with Gasteiger partial charge in [0.2, 0.25) is 5.27 Å². The number of aryl methyl sites for hydroxylation is 2. The summed E-state index contributed by atoms with van der Waals surface area (Å²) < 4.78 is 6.95. The van der Waals surface area contributed by atoms with Gasteiger partial charge in [0.25, 0.3) is 11.6 Å². The Kier molecular flexibility index (Phi) is 3.97. The number of aromatic nitrogens is 2. The molecule has 0 fully saturated rings. The Morgan fingerprint density at radius 2 is 2.00 bits per heavy atom. The number of hydrogen-bond donors (Lipinski definition) is 1. The topological polar surface area (TPSA) is 55.9 Å². The van der Waals surface area contributed by atoms with E-state index in [2.05, 4.69) is 31.3 Å². The van der Waals surface area contributed by atoms with Crippen LogP contribution in [0, 0.1) is 5.92 Å². The molecule has 0 spiro atoms. The fourth-order valence-corrected chi connectivity index (χ4v) is 1.97. The van der Waals surface area contributed by atoms with Gasteiger partial charge in [-0.15, -0.1) is 0 Å². The maximum absolute atomic E-state index is 5.81. The summed E-state index contributed by atoms with van der Waals surface area (Å²) in [5.74, 6) is 0.978. The number of hydrogen-bond acceptors (Lipinski definition) is 3. The van der Waals surface area contributed by atoms with Crippen LogP contribution in [0.15, 0.2) is 34.9 Å². The molecule has 2 aromatic rings. The molecule has 4 nitrogen and oxygen atoms in total. The summed E-state index contributed by atoms with van der Waals surface area (Å²) in [6, 6.07) is 10.4. The molecule has 0 aliphatic carbocycles. The number of nitrogens with zero attached hydrogens (tertiary/aromatic N) is 2. The van der Waals surface area contributed by atoms with E-state index in [9.17, 15) is 0 Å². The first-order chi connectivity index (χ1) is 8.66. The Labute approximate surface area is 107 Å². The molecule has 0 unspecified atom stereocenters. The van der Waals surface area contributed by atoms with Gasteiger partial charge in [-0.3, -0.25) is 4.52 Å². The Morgan fingerprint density at radius 1 is 1.28 bits per heavy atom. The minimum Gasteiger partial charge on any atom is -0.362 e. The maximum Gasteiger partial charge on any atom is 0.296 e. The quantitative estimate of drug-likeness (QED) is 0.821. The van der Waals surface area contributed by atoms with E-state index >= 15 is 0 Å². The summed E-state index contributed by atoms with van der Waals surface area (Å²) in [5.41, 5.74) is 8.10. The Balaban J connectivity index is 2.05. The second kappa shape index (κ2) is 5.67. The molecule has 0 radical (unpaired) electrons. The third kappa shape index (κ3) is 3.09. The van der Waals surface area contributed by atoms with Crippen molar-refractivity contribution >= 4 is 5.88 Å². The summed E-state index contributed by atoms with van der Waals surface area (Å²) in [6.07, 6.45) is 1.83. The highest BCUT2D eigenvalue weighted by Crippen LogP contribution is 2.11. The Hall–Kier alpha value is -1.84. The van der Waals surface area contributed by atoms with Crippen molar-refractivity contribution < 1.29 is 9.20 Å². The van der Waals surface area contributed by atoms with Crippen LogP contribution in [0.5, 0.6) is 0 Å². The highest BCUT2D eigenvalue weighted by Gasteiger charge is 2.22. The average Bonchev–Trinajstić information content (AvgIpc) is 2.69. The highest BCUT2D eigenvalue weighted by molar-refractivity contribution is 5.25. The molecule has 4 heteroatoms. The molecule has 2 rings (SSSR count). The van der Waals surface area contributed by atoms with Crippen molar-refractivity contribution in [2.75, 3.05) is 5.73 Å². The van der Waals surface area contributed by atoms with Crippen LogP contribution in [0.1, 0.15) is 25.1 Å². The minimum atomic E-state index is 0.441. The van der Waals surface area contributed by atoms with Crippen LogP contribution in [-0.2, 0) is 19.4 Å². The molecule has 0 saturated heterocycles. The van der Waals surface area contributed by atoms with Gasteiger partial charge < -0.3 is 5.73 Å². The van der Waals surface area contributed by atoms with Gasteiger partial charge in [0, 0.05) is 12.8 Å². The van der Waals surface area contributed by atoms with Crippen LogP contribution in [0.25, 0.3) is 0 Å². The number of anilines is 1. The van der Waals surface area contributed by atoms with E-state index in [1.165, 1.54) is 5.56 Å². The van der Waals surface area contributed by atoms with Gasteiger partial charge in [-0.25, -0.2) is 0 Å². The summed E-state index contributed by atoms with van der Waals surface area (Å²) in [5, 5.41) is 4.00. The van der Waals surface area contributed by atoms with Gasteiger partial charge in [0.15, 0.2) is 6.54 Å². The zero-order valence-electron chi connectivity index (χ0n) is 11.0. The molecule has 0 atom stereocenters. The van der Waals surface area contributed by atoms with E-state index in [0.29, 0.717) is 11.8 Å². The summed E-state index contributed by atoms with van der Waals surface area (Å²) >= 11 is 0. The molecule has 1 aromatic heterocycles. The molecule has 0 amide bonds. The van der Waals surface area contributed by atoms with E-state index in [1.54, 1.807) is 0 Å². The van der Waals surface area contributed by atoms with Crippen LogP contribution < -0.4 is 10.4 Å². The Bertz CT molecular complexity index is 491. The van der Waals surface area contributed by atoms with Crippen molar-refractivity contribution in [3.05, 3.63) is 41.6 Å². The normalized spacial score (nSPS) is 11.1. The number of nitrogen functional groups attached to an aromatic ring is 1. The summed E-state index contributed by atoms with van der Waals surface area (Å²) in [7, 11) is 0. The maximum atomic E-state index is 5.81. The first kappa shape index (κ1) is 12.6. The number of benzene rings is 1. The molecule has 0 bridgehead atoms. The lowest BCUT2D eigenvalue weighted by atomic mass is 10.1. The lowest BCUT2D eigenvalue weighted by Gasteiger charge is -1.99. The predicted molar refractivity (Wildman–Crippen MR) is 69.8 cm³/mol. The fraction of sp³-hybridized carbons (Fsp3) is 0.429. The van der Waals surface area contributed by atoms with Gasteiger partial charge in [0.05, 0.1) is 0 Å². The average molecular weight is 246 g/mol. The first-order valence-corrected chi connectivity index (χ1v) is 6.35. The molecular formula is C14H20N3O+. The second-order valence-electron chi connectivity index (χ2n) is 4.94. The van der Waals surface area contributed by atoms with E-state index in [-0.39, 0.29) is 0 Å². The van der Waals surface area contributed by atoms with E-state index in [0.717, 1.165) is 25.1 Å². The molecule has 18 heavy (non-hydrogen) atoms. The van der Waals surface area contributed by atoms with Crippen molar-refractivity contribution in [2.24, 2.45) is 5.92 Å². The zero-order chi connectivity index (χ0) is 13.0. The molecule has 1 aromatic carbocycles. The molecule has 0 aliphatic rings. The van der Waals surface area contributed by atoms with Crippen molar-refractivity contribution in [1.82, 2.24) is 5.27 Å².